The molecule has 1 fully saturated rings. The normalized spacial score (nSPS) is 19.0. The predicted octanol–water partition coefficient (Wildman–Crippen LogP) is 3.55. The number of carboxylic acids is 1. The molecule has 2 aromatic rings. The average Bonchev–Trinajstić information content (AvgIpc) is 3.43. The van der Waals surface area contributed by atoms with Crippen molar-refractivity contribution in [3.63, 3.8) is 0 Å². The van der Waals surface area contributed by atoms with Gasteiger partial charge in [-0.05, 0) is 34.1 Å². The van der Waals surface area contributed by atoms with Crippen LogP contribution in [-0.4, -0.2) is 55.5 Å². The number of amides is 2. The van der Waals surface area contributed by atoms with Gasteiger partial charge in [0.1, 0.15) is 6.61 Å². The lowest BCUT2D eigenvalue weighted by Gasteiger charge is -2.25. The lowest BCUT2D eigenvalue weighted by Crippen LogP contribution is -2.40. The SMILES string of the molecule is CC(C)(CNC(=O)OCC1c2ccccc2-c2ccccc21)CC(=O)NC[C@H]1C[C@@H](C(=O)O)CO1. The number of rotatable bonds is 9. The van der Waals surface area contributed by atoms with Gasteiger partial charge in [-0.15, -0.1) is 0 Å². The molecule has 0 unspecified atom stereocenters. The standard InChI is InChI=1S/C27H32N2O6/c1-27(2,12-24(30)28-13-18-11-17(14-34-18)25(31)32)16-29-26(33)35-15-23-21-9-5-3-7-19(21)20-8-4-6-10-22(20)23/h3-10,17-18,23H,11-16H2,1-2H3,(H,28,30)(H,29,33)(H,31,32)/t17-,18-/m1/s1. The lowest BCUT2D eigenvalue weighted by atomic mass is 9.89. The van der Waals surface area contributed by atoms with Gasteiger partial charge in [-0.3, -0.25) is 9.59 Å². The van der Waals surface area contributed by atoms with Crippen LogP contribution in [0.25, 0.3) is 11.1 Å². The fraction of sp³-hybridized carbons (Fsp3) is 0.444. The van der Waals surface area contributed by atoms with Crippen molar-refractivity contribution < 1.29 is 29.0 Å². The summed E-state index contributed by atoms with van der Waals surface area (Å²) in [6, 6.07) is 16.3. The Morgan fingerprint density at radius 1 is 1.03 bits per heavy atom. The van der Waals surface area contributed by atoms with Crippen molar-refractivity contribution in [2.45, 2.75) is 38.7 Å². The molecular weight excluding hydrogens is 448 g/mol. The summed E-state index contributed by atoms with van der Waals surface area (Å²) in [5.74, 6) is -1.58. The molecule has 0 aromatic heterocycles. The largest absolute Gasteiger partial charge is 0.481 e. The van der Waals surface area contributed by atoms with Crippen LogP contribution < -0.4 is 10.6 Å². The molecule has 8 nitrogen and oxygen atoms in total. The molecule has 4 rings (SSSR count). The van der Waals surface area contributed by atoms with Crippen LogP contribution in [0, 0.1) is 11.3 Å². The topological polar surface area (TPSA) is 114 Å². The molecule has 2 aliphatic rings. The van der Waals surface area contributed by atoms with Crippen molar-refractivity contribution in [3.8, 4) is 11.1 Å². The van der Waals surface area contributed by atoms with Crippen LogP contribution in [0.2, 0.25) is 0 Å². The Morgan fingerprint density at radius 2 is 1.66 bits per heavy atom. The maximum Gasteiger partial charge on any atom is 0.407 e. The first-order valence-electron chi connectivity index (χ1n) is 11.9. The minimum absolute atomic E-state index is 0.00883. The molecule has 2 atom stereocenters. The van der Waals surface area contributed by atoms with Gasteiger partial charge in [-0.25, -0.2) is 4.79 Å². The van der Waals surface area contributed by atoms with Crippen molar-refractivity contribution in [2.75, 3.05) is 26.3 Å². The third kappa shape index (κ3) is 6.00. The number of hydrogen-bond donors (Lipinski definition) is 3. The Labute approximate surface area is 205 Å². The van der Waals surface area contributed by atoms with Crippen LogP contribution in [0.15, 0.2) is 48.5 Å². The molecule has 2 aromatic carbocycles. The Kier molecular flexibility index (Phi) is 7.40. The van der Waals surface area contributed by atoms with Crippen LogP contribution in [0.1, 0.15) is 43.7 Å². The summed E-state index contributed by atoms with van der Waals surface area (Å²) < 4.78 is 11.0. The van der Waals surface area contributed by atoms with E-state index in [2.05, 4.69) is 34.9 Å². The minimum Gasteiger partial charge on any atom is -0.481 e. The number of carbonyl (C=O) groups excluding carboxylic acids is 2. The van der Waals surface area contributed by atoms with E-state index in [0.29, 0.717) is 6.42 Å². The molecule has 1 saturated heterocycles. The van der Waals surface area contributed by atoms with Crippen LogP contribution in [0.5, 0.6) is 0 Å². The van der Waals surface area contributed by atoms with E-state index in [1.807, 2.05) is 38.1 Å². The summed E-state index contributed by atoms with van der Waals surface area (Å²) in [5, 5.41) is 14.6. The Morgan fingerprint density at radius 3 is 2.26 bits per heavy atom. The van der Waals surface area contributed by atoms with Crippen molar-refractivity contribution in [3.05, 3.63) is 59.7 Å². The van der Waals surface area contributed by atoms with Gasteiger partial charge in [-0.2, -0.15) is 0 Å². The van der Waals surface area contributed by atoms with Gasteiger partial charge in [0.15, 0.2) is 0 Å². The van der Waals surface area contributed by atoms with Crippen molar-refractivity contribution in [1.29, 1.82) is 0 Å². The Hall–Kier alpha value is -3.39. The monoisotopic (exact) mass is 480 g/mol. The molecule has 1 heterocycles. The fourth-order valence-electron chi connectivity index (χ4n) is 4.77. The fourth-order valence-corrected chi connectivity index (χ4v) is 4.77. The minimum atomic E-state index is -0.876. The highest BCUT2D eigenvalue weighted by Gasteiger charge is 2.32. The molecule has 186 valence electrons. The van der Waals surface area contributed by atoms with E-state index in [9.17, 15) is 14.4 Å². The van der Waals surface area contributed by atoms with Crippen LogP contribution in [0.4, 0.5) is 4.79 Å². The zero-order chi connectivity index (χ0) is 25.0. The number of alkyl carbamates (subject to hydrolysis) is 1. The van der Waals surface area contributed by atoms with Crippen LogP contribution in [-0.2, 0) is 19.1 Å². The Bertz CT molecular complexity index is 1050. The van der Waals surface area contributed by atoms with Gasteiger partial charge < -0.3 is 25.2 Å². The van der Waals surface area contributed by atoms with Gasteiger partial charge in [0.05, 0.1) is 18.6 Å². The smallest absolute Gasteiger partial charge is 0.407 e. The number of hydrogen-bond acceptors (Lipinski definition) is 5. The van der Waals surface area contributed by atoms with Crippen molar-refractivity contribution >= 4 is 18.0 Å². The molecule has 0 saturated carbocycles. The first kappa shape index (κ1) is 24.7. The molecule has 0 spiro atoms. The van der Waals surface area contributed by atoms with E-state index in [1.54, 1.807) is 0 Å². The average molecular weight is 481 g/mol. The van der Waals surface area contributed by atoms with E-state index >= 15 is 0 Å². The van der Waals surface area contributed by atoms with E-state index in [1.165, 1.54) is 11.1 Å². The summed E-state index contributed by atoms with van der Waals surface area (Å²) in [7, 11) is 0. The first-order valence-corrected chi connectivity index (χ1v) is 11.9. The van der Waals surface area contributed by atoms with Gasteiger partial charge >= 0.3 is 12.1 Å². The van der Waals surface area contributed by atoms with Crippen LogP contribution >= 0.6 is 0 Å². The molecule has 2 amide bonds. The summed E-state index contributed by atoms with van der Waals surface area (Å²) in [6.07, 6.45) is -0.213. The number of ether oxygens (including phenoxy) is 2. The maximum absolute atomic E-state index is 12.4. The predicted molar refractivity (Wildman–Crippen MR) is 130 cm³/mol. The van der Waals surface area contributed by atoms with E-state index in [4.69, 9.17) is 14.6 Å². The highest BCUT2D eigenvalue weighted by atomic mass is 16.5. The van der Waals surface area contributed by atoms with E-state index in [0.717, 1.165) is 11.1 Å². The second kappa shape index (κ2) is 10.5. The summed E-state index contributed by atoms with van der Waals surface area (Å²) in [5.41, 5.74) is 4.16. The quantitative estimate of drug-likeness (QED) is 0.506. The number of benzene rings is 2. The third-order valence-electron chi connectivity index (χ3n) is 6.65. The number of nitrogens with one attached hydrogen (secondary N) is 2. The molecule has 35 heavy (non-hydrogen) atoms. The zero-order valence-electron chi connectivity index (χ0n) is 20.1. The molecule has 8 heteroatoms. The number of carbonyl (C=O) groups is 3. The second-order valence-electron chi connectivity index (χ2n) is 10.1. The maximum atomic E-state index is 12.4. The molecule has 0 bridgehead atoms. The molecule has 1 aliphatic heterocycles. The van der Waals surface area contributed by atoms with E-state index in [-0.39, 0.29) is 50.7 Å². The number of fused-ring (bicyclic) bond motifs is 3. The first-order chi connectivity index (χ1) is 16.7. The second-order valence-corrected chi connectivity index (χ2v) is 10.1. The van der Waals surface area contributed by atoms with Gasteiger partial charge in [0, 0.05) is 25.4 Å². The van der Waals surface area contributed by atoms with Gasteiger partial charge in [0.2, 0.25) is 5.91 Å². The van der Waals surface area contributed by atoms with Crippen molar-refractivity contribution in [1.82, 2.24) is 10.6 Å². The lowest BCUT2D eigenvalue weighted by molar-refractivity contribution is -0.141. The molecular formula is C27H32N2O6. The highest BCUT2D eigenvalue weighted by Crippen LogP contribution is 2.44. The van der Waals surface area contributed by atoms with Crippen molar-refractivity contribution in [2.24, 2.45) is 11.3 Å². The zero-order valence-corrected chi connectivity index (χ0v) is 20.1. The highest BCUT2D eigenvalue weighted by molar-refractivity contribution is 5.79. The van der Waals surface area contributed by atoms with Crippen LogP contribution in [0.3, 0.4) is 0 Å². The van der Waals surface area contributed by atoms with Gasteiger partial charge in [-0.1, -0.05) is 62.4 Å². The summed E-state index contributed by atoms with van der Waals surface area (Å²) in [6.45, 7) is 4.74. The Balaban J connectivity index is 1.21. The molecule has 1 aliphatic carbocycles. The summed E-state index contributed by atoms with van der Waals surface area (Å²) >= 11 is 0. The van der Waals surface area contributed by atoms with Gasteiger partial charge in [0.25, 0.3) is 0 Å². The van der Waals surface area contributed by atoms with E-state index < -0.39 is 23.4 Å². The third-order valence-corrected chi connectivity index (χ3v) is 6.65. The summed E-state index contributed by atoms with van der Waals surface area (Å²) in [4.78, 5) is 35.8. The molecule has 3 N–H and O–H groups in total. The number of aliphatic carboxylic acids is 1. The number of carboxylic acid groups (broad SMARTS) is 1. The molecule has 0 radical (unpaired) electrons.